The molecule has 0 heterocycles. The number of rotatable bonds is 7. The van der Waals surface area contributed by atoms with E-state index in [2.05, 4.69) is 27.7 Å². The lowest BCUT2D eigenvalue weighted by atomic mass is 9.86. The van der Waals surface area contributed by atoms with Crippen molar-refractivity contribution in [2.45, 2.75) is 48.0 Å². The van der Waals surface area contributed by atoms with Gasteiger partial charge in [-0.1, -0.05) is 27.7 Å². The summed E-state index contributed by atoms with van der Waals surface area (Å²) in [6.07, 6.45) is 2.03. The number of aryl methyl sites for hydroxylation is 2. The molecule has 130 valence electrons. The summed E-state index contributed by atoms with van der Waals surface area (Å²) < 4.78 is 11.0. The average Bonchev–Trinajstić information content (AvgIpc) is 2.42. The second-order valence-corrected chi connectivity index (χ2v) is 8.75. The van der Waals surface area contributed by atoms with Crippen molar-refractivity contribution in [3.05, 3.63) is 22.8 Å². The summed E-state index contributed by atoms with van der Waals surface area (Å²) in [6, 6.07) is 2.00. The maximum absolute atomic E-state index is 12.8. The first-order valence-electron chi connectivity index (χ1n) is 8.11. The fourth-order valence-electron chi connectivity index (χ4n) is 3.16. The predicted octanol–water partition coefficient (Wildman–Crippen LogP) is 5.21. The van der Waals surface area contributed by atoms with Crippen molar-refractivity contribution < 1.29 is 14.3 Å². The molecule has 0 N–H and O–H groups in total. The van der Waals surface area contributed by atoms with Crippen molar-refractivity contribution in [3.8, 4) is 11.5 Å². The van der Waals surface area contributed by atoms with Gasteiger partial charge in [0, 0.05) is 0 Å². The van der Waals surface area contributed by atoms with Crippen molar-refractivity contribution in [1.29, 1.82) is 0 Å². The molecule has 0 radical (unpaired) electrons. The first-order chi connectivity index (χ1) is 10.6. The Morgan fingerprint density at radius 2 is 1.61 bits per heavy atom. The van der Waals surface area contributed by atoms with E-state index in [0.717, 1.165) is 23.7 Å². The fraction of sp³-hybridized carbons (Fsp3) is 0.632. The molecule has 4 heteroatoms. The summed E-state index contributed by atoms with van der Waals surface area (Å²) in [5.74, 6) is 1.82. The highest BCUT2D eigenvalue weighted by Crippen LogP contribution is 2.40. The van der Waals surface area contributed by atoms with E-state index >= 15 is 0 Å². The van der Waals surface area contributed by atoms with Gasteiger partial charge in [-0.25, -0.2) is 0 Å². The Morgan fingerprint density at radius 1 is 1.13 bits per heavy atom. The average molecular weight is 338 g/mol. The Morgan fingerprint density at radius 3 is 2.00 bits per heavy atom. The second-order valence-electron chi connectivity index (χ2n) is 7.53. The van der Waals surface area contributed by atoms with Crippen molar-refractivity contribution in [1.82, 2.24) is 0 Å². The van der Waals surface area contributed by atoms with Crippen LogP contribution in [-0.4, -0.2) is 25.9 Å². The third-order valence-electron chi connectivity index (χ3n) is 3.81. The summed E-state index contributed by atoms with van der Waals surface area (Å²) in [4.78, 5) is 12.8. The molecule has 2 atom stereocenters. The van der Waals surface area contributed by atoms with Gasteiger partial charge in [0.15, 0.2) is 5.52 Å². The van der Waals surface area contributed by atoms with Crippen LogP contribution in [0, 0.1) is 25.2 Å². The van der Waals surface area contributed by atoms with Crippen LogP contribution in [0.4, 0.5) is 0 Å². The summed E-state index contributed by atoms with van der Waals surface area (Å²) in [6.45, 7) is 12.9. The van der Waals surface area contributed by atoms with Gasteiger partial charge in [0.1, 0.15) is 17.1 Å². The van der Waals surface area contributed by atoms with Crippen LogP contribution in [0.25, 0.3) is 0 Å². The largest absolute Gasteiger partial charge is 0.496 e. The monoisotopic (exact) mass is 338 g/mol. The molecule has 0 spiro atoms. The molecule has 0 amide bonds. The van der Waals surface area contributed by atoms with Crippen LogP contribution in [0.5, 0.6) is 11.5 Å². The van der Waals surface area contributed by atoms with E-state index < -0.39 is 0 Å². The molecule has 0 saturated heterocycles. The fourth-order valence-corrected chi connectivity index (χ4v) is 4.24. The zero-order valence-electron chi connectivity index (χ0n) is 15.8. The smallest absolute Gasteiger partial charge is 0.188 e. The van der Waals surface area contributed by atoms with E-state index in [1.807, 2.05) is 19.9 Å². The van der Waals surface area contributed by atoms with Crippen LogP contribution in [0.2, 0.25) is 0 Å². The van der Waals surface area contributed by atoms with Crippen LogP contribution in [0.3, 0.4) is 0 Å². The van der Waals surface area contributed by atoms with E-state index in [0.29, 0.717) is 28.4 Å². The number of ether oxygens (including phenoxy) is 2. The van der Waals surface area contributed by atoms with Crippen molar-refractivity contribution in [3.63, 3.8) is 0 Å². The molecule has 0 aliphatic heterocycles. The van der Waals surface area contributed by atoms with E-state index in [9.17, 15) is 4.79 Å². The minimum atomic E-state index is 0.131. The van der Waals surface area contributed by atoms with Gasteiger partial charge in [-0.2, -0.15) is 0 Å². The van der Waals surface area contributed by atoms with Crippen LogP contribution in [-0.2, 0) is 0 Å². The van der Waals surface area contributed by atoms with Gasteiger partial charge in [0.2, 0.25) is 0 Å². The lowest BCUT2D eigenvalue weighted by Gasteiger charge is -2.23. The number of hydrogen-bond donors (Lipinski definition) is 0. The lowest BCUT2D eigenvalue weighted by Crippen LogP contribution is -2.13. The van der Waals surface area contributed by atoms with Crippen molar-refractivity contribution in [2.24, 2.45) is 11.3 Å². The Bertz CT molecular complexity index is 530. The molecule has 0 fully saturated rings. The molecular weight excluding hydrogens is 307 g/mol. The molecular formula is C19H31O3P. The highest BCUT2D eigenvalue weighted by atomic mass is 31.1. The molecule has 0 aliphatic carbocycles. The Hall–Kier alpha value is -1.08. The first-order valence-corrected chi connectivity index (χ1v) is 9.31. The number of methoxy groups -OCH3 is 2. The number of carbonyl (C=O) groups excluding carboxylic acids is 1. The lowest BCUT2D eigenvalue weighted by molar-refractivity contribution is 0.107. The van der Waals surface area contributed by atoms with Gasteiger partial charge in [-0.05, 0) is 63.5 Å². The van der Waals surface area contributed by atoms with Gasteiger partial charge in [0.05, 0.1) is 14.2 Å². The molecule has 1 rings (SSSR count). The van der Waals surface area contributed by atoms with Gasteiger partial charge < -0.3 is 9.47 Å². The highest BCUT2D eigenvalue weighted by Gasteiger charge is 2.23. The van der Waals surface area contributed by atoms with Crippen molar-refractivity contribution in [2.75, 3.05) is 20.4 Å². The SMILES string of the molecule is COc1c(C)cc(C)c(OC)c1C(=O)PCC(C)CC(C)(C)C. The quantitative estimate of drug-likeness (QED) is 0.640. The zero-order valence-corrected chi connectivity index (χ0v) is 16.8. The molecule has 0 aliphatic rings. The van der Waals surface area contributed by atoms with Crippen LogP contribution >= 0.6 is 8.58 Å². The maximum atomic E-state index is 12.8. The highest BCUT2D eigenvalue weighted by molar-refractivity contribution is 7.58. The van der Waals surface area contributed by atoms with Crippen molar-refractivity contribution >= 4 is 14.1 Å². The molecule has 0 bridgehead atoms. The Labute approximate surface area is 142 Å². The zero-order chi connectivity index (χ0) is 17.8. The molecule has 23 heavy (non-hydrogen) atoms. The third-order valence-corrected chi connectivity index (χ3v) is 5.28. The minimum Gasteiger partial charge on any atom is -0.496 e. The molecule has 1 aromatic carbocycles. The molecule has 1 aromatic rings. The summed E-state index contributed by atoms with van der Waals surface area (Å²) in [5, 5.41) is 0. The topological polar surface area (TPSA) is 35.5 Å². The van der Waals surface area contributed by atoms with Crippen LogP contribution in [0.1, 0.15) is 55.6 Å². The van der Waals surface area contributed by atoms with Gasteiger partial charge in [-0.3, -0.25) is 4.79 Å². The Balaban J connectivity index is 2.99. The number of hydrogen-bond acceptors (Lipinski definition) is 3. The van der Waals surface area contributed by atoms with Gasteiger partial charge >= 0.3 is 0 Å². The van der Waals surface area contributed by atoms with E-state index in [1.165, 1.54) is 0 Å². The molecule has 0 saturated carbocycles. The molecule has 3 nitrogen and oxygen atoms in total. The predicted molar refractivity (Wildman–Crippen MR) is 99.8 cm³/mol. The van der Waals surface area contributed by atoms with E-state index in [4.69, 9.17) is 9.47 Å². The number of carbonyl (C=O) groups is 1. The summed E-state index contributed by atoms with van der Waals surface area (Å²) in [7, 11) is 3.46. The first kappa shape index (κ1) is 20.0. The Kier molecular flexibility index (Phi) is 7.07. The second kappa shape index (κ2) is 8.15. The molecule has 2 unspecified atom stereocenters. The van der Waals surface area contributed by atoms with Gasteiger partial charge in [0.25, 0.3) is 0 Å². The van der Waals surface area contributed by atoms with Crippen LogP contribution in [0.15, 0.2) is 6.07 Å². The van der Waals surface area contributed by atoms with Gasteiger partial charge in [-0.15, -0.1) is 0 Å². The van der Waals surface area contributed by atoms with E-state index in [-0.39, 0.29) is 14.1 Å². The number of benzene rings is 1. The maximum Gasteiger partial charge on any atom is 0.188 e. The molecule has 0 aromatic heterocycles. The third kappa shape index (κ3) is 5.49. The minimum absolute atomic E-state index is 0.131. The van der Waals surface area contributed by atoms with E-state index in [1.54, 1.807) is 14.2 Å². The van der Waals surface area contributed by atoms with Crippen LogP contribution < -0.4 is 9.47 Å². The standard InChI is InChI=1S/C19H31O3P/c1-12(10-19(4,5)6)11-23-18(20)15-16(21-7)13(2)9-14(3)17(15)22-8/h9,12,23H,10-11H2,1-8H3. The normalized spacial score (nSPS) is 13.4. The summed E-state index contributed by atoms with van der Waals surface area (Å²) in [5.41, 5.74) is 2.98. The summed E-state index contributed by atoms with van der Waals surface area (Å²) >= 11 is 0.